The molecule has 10 heteroatoms. The van der Waals surface area contributed by atoms with E-state index in [2.05, 4.69) is 20.5 Å². The molecule has 3 rings (SSSR count). The SMILES string of the molecule is CC(NS(=O)(=O)c1cnn(C)c1)C(=O)Nc1ccc2c(c1F)CCNC2. The largest absolute Gasteiger partial charge is 0.322 e. The molecule has 2 aromatic rings. The Hall–Kier alpha value is -2.30. The molecule has 1 atom stereocenters. The van der Waals surface area contributed by atoms with Crippen LogP contribution in [0.2, 0.25) is 0 Å². The van der Waals surface area contributed by atoms with E-state index >= 15 is 0 Å². The molecule has 1 unspecified atom stereocenters. The predicted octanol–water partition coefficient (Wildman–Crippen LogP) is 0.510. The highest BCUT2D eigenvalue weighted by Gasteiger charge is 2.24. The minimum atomic E-state index is -3.90. The topological polar surface area (TPSA) is 105 Å². The number of fused-ring (bicyclic) bond motifs is 1. The van der Waals surface area contributed by atoms with E-state index in [4.69, 9.17) is 0 Å². The lowest BCUT2D eigenvalue weighted by molar-refractivity contribution is -0.117. The van der Waals surface area contributed by atoms with Crippen molar-refractivity contribution in [1.29, 1.82) is 0 Å². The number of nitrogens with one attached hydrogen (secondary N) is 3. The summed E-state index contributed by atoms with van der Waals surface area (Å²) < 4.78 is 42.7. The first-order valence-corrected chi connectivity index (χ1v) is 9.59. The van der Waals surface area contributed by atoms with Gasteiger partial charge in [0.2, 0.25) is 15.9 Å². The van der Waals surface area contributed by atoms with Crippen LogP contribution in [0.5, 0.6) is 0 Å². The van der Waals surface area contributed by atoms with Gasteiger partial charge in [0.05, 0.1) is 17.9 Å². The number of anilines is 1. The number of carbonyl (C=O) groups is 1. The number of benzene rings is 1. The Bertz CT molecular complexity index is 941. The maximum atomic E-state index is 14.6. The van der Waals surface area contributed by atoms with E-state index in [1.807, 2.05) is 0 Å². The molecule has 0 saturated carbocycles. The molecule has 1 aromatic carbocycles. The Labute approximate surface area is 150 Å². The van der Waals surface area contributed by atoms with Crippen molar-refractivity contribution in [3.63, 3.8) is 0 Å². The summed E-state index contributed by atoms with van der Waals surface area (Å²) in [6.45, 7) is 2.65. The van der Waals surface area contributed by atoms with E-state index in [-0.39, 0.29) is 10.6 Å². The molecule has 0 saturated heterocycles. The second-order valence-electron chi connectivity index (χ2n) is 6.17. The van der Waals surface area contributed by atoms with Gasteiger partial charge in [-0.3, -0.25) is 9.48 Å². The fourth-order valence-electron chi connectivity index (χ4n) is 2.76. The Kier molecular flexibility index (Phi) is 5.08. The summed E-state index contributed by atoms with van der Waals surface area (Å²) in [5.41, 5.74) is 1.48. The Morgan fingerprint density at radius 3 is 2.88 bits per heavy atom. The molecule has 0 spiro atoms. The zero-order valence-corrected chi connectivity index (χ0v) is 15.2. The molecule has 2 heterocycles. The molecule has 1 aliphatic rings. The molecule has 26 heavy (non-hydrogen) atoms. The molecule has 0 radical (unpaired) electrons. The molecule has 0 bridgehead atoms. The molecule has 1 aromatic heterocycles. The summed E-state index contributed by atoms with van der Waals surface area (Å²) >= 11 is 0. The van der Waals surface area contributed by atoms with Crippen molar-refractivity contribution in [3.05, 3.63) is 41.5 Å². The third kappa shape index (κ3) is 3.76. The van der Waals surface area contributed by atoms with Crippen molar-refractivity contribution in [3.8, 4) is 0 Å². The number of aryl methyl sites for hydroxylation is 1. The molecular weight excluding hydrogens is 361 g/mol. The summed E-state index contributed by atoms with van der Waals surface area (Å²) in [7, 11) is -2.31. The van der Waals surface area contributed by atoms with Crippen LogP contribution in [0.1, 0.15) is 18.1 Å². The summed E-state index contributed by atoms with van der Waals surface area (Å²) in [6, 6.07) is 2.16. The van der Waals surface area contributed by atoms with Crippen molar-refractivity contribution < 1.29 is 17.6 Å². The fraction of sp³-hybridized carbons (Fsp3) is 0.375. The molecular formula is C16H20FN5O3S. The van der Waals surface area contributed by atoms with Crippen LogP contribution in [0.3, 0.4) is 0 Å². The van der Waals surface area contributed by atoms with Gasteiger partial charge in [-0.2, -0.15) is 9.82 Å². The minimum Gasteiger partial charge on any atom is -0.322 e. The van der Waals surface area contributed by atoms with Crippen molar-refractivity contribution >= 4 is 21.6 Å². The third-order valence-electron chi connectivity index (χ3n) is 4.18. The average molecular weight is 381 g/mol. The van der Waals surface area contributed by atoms with Crippen LogP contribution < -0.4 is 15.4 Å². The van der Waals surface area contributed by atoms with Crippen molar-refractivity contribution in [1.82, 2.24) is 19.8 Å². The lowest BCUT2D eigenvalue weighted by Crippen LogP contribution is -2.41. The van der Waals surface area contributed by atoms with Gasteiger partial charge in [-0.1, -0.05) is 6.07 Å². The molecule has 0 aliphatic carbocycles. The first kappa shape index (κ1) is 18.5. The van der Waals surface area contributed by atoms with Gasteiger partial charge < -0.3 is 10.6 Å². The van der Waals surface area contributed by atoms with E-state index in [0.717, 1.165) is 5.56 Å². The number of amides is 1. The Morgan fingerprint density at radius 2 is 2.19 bits per heavy atom. The molecule has 1 aliphatic heterocycles. The summed E-state index contributed by atoms with van der Waals surface area (Å²) in [4.78, 5) is 12.3. The maximum absolute atomic E-state index is 14.6. The quantitative estimate of drug-likeness (QED) is 0.700. The third-order valence-corrected chi connectivity index (χ3v) is 5.68. The van der Waals surface area contributed by atoms with Crippen molar-refractivity contribution in [2.24, 2.45) is 7.05 Å². The number of carbonyl (C=O) groups excluding carboxylic acids is 1. The van der Waals surface area contributed by atoms with E-state index < -0.39 is 27.8 Å². The molecule has 8 nitrogen and oxygen atoms in total. The molecule has 0 fully saturated rings. The van der Waals surface area contributed by atoms with Crippen LogP contribution in [0.25, 0.3) is 0 Å². The zero-order chi connectivity index (χ0) is 18.9. The van der Waals surface area contributed by atoms with Crippen LogP contribution in [0.4, 0.5) is 10.1 Å². The number of hydrogen-bond acceptors (Lipinski definition) is 5. The average Bonchev–Trinajstić information content (AvgIpc) is 3.04. The highest BCUT2D eigenvalue weighted by molar-refractivity contribution is 7.89. The van der Waals surface area contributed by atoms with Gasteiger partial charge >= 0.3 is 0 Å². The smallest absolute Gasteiger partial charge is 0.244 e. The van der Waals surface area contributed by atoms with E-state index in [0.29, 0.717) is 25.1 Å². The van der Waals surface area contributed by atoms with Crippen LogP contribution in [0, 0.1) is 5.82 Å². The van der Waals surface area contributed by atoms with E-state index in [1.54, 1.807) is 13.1 Å². The van der Waals surface area contributed by atoms with Crippen LogP contribution in [-0.4, -0.2) is 36.7 Å². The number of aromatic nitrogens is 2. The number of rotatable bonds is 5. The molecule has 3 N–H and O–H groups in total. The first-order chi connectivity index (χ1) is 12.3. The van der Waals surface area contributed by atoms with Gasteiger partial charge in [-0.25, -0.2) is 12.8 Å². The minimum absolute atomic E-state index is 0.0445. The van der Waals surface area contributed by atoms with E-state index in [1.165, 1.54) is 30.1 Å². The van der Waals surface area contributed by atoms with Gasteiger partial charge in [-0.15, -0.1) is 0 Å². The standard InChI is InChI=1S/C16H20FN5O3S/c1-10(21-26(24,25)12-8-19-22(2)9-12)16(23)20-14-4-3-11-7-18-6-5-13(11)15(14)17/h3-4,8-10,18,21H,5-7H2,1-2H3,(H,20,23). The highest BCUT2D eigenvalue weighted by atomic mass is 32.2. The van der Waals surface area contributed by atoms with Gasteiger partial charge in [0.15, 0.2) is 0 Å². The lowest BCUT2D eigenvalue weighted by atomic mass is 9.99. The van der Waals surface area contributed by atoms with Gasteiger partial charge in [0, 0.05) is 19.8 Å². The zero-order valence-electron chi connectivity index (χ0n) is 14.4. The van der Waals surface area contributed by atoms with Crippen LogP contribution in [0.15, 0.2) is 29.4 Å². The first-order valence-electron chi connectivity index (χ1n) is 8.11. The number of hydrogen-bond donors (Lipinski definition) is 3. The van der Waals surface area contributed by atoms with Crippen LogP contribution in [-0.2, 0) is 34.8 Å². The van der Waals surface area contributed by atoms with Crippen molar-refractivity contribution in [2.45, 2.75) is 30.8 Å². The Balaban J connectivity index is 1.72. The monoisotopic (exact) mass is 381 g/mol. The lowest BCUT2D eigenvalue weighted by Gasteiger charge is -2.20. The predicted molar refractivity (Wildman–Crippen MR) is 93.4 cm³/mol. The fourth-order valence-corrected chi connectivity index (χ4v) is 3.95. The Morgan fingerprint density at radius 1 is 1.42 bits per heavy atom. The van der Waals surface area contributed by atoms with Crippen molar-refractivity contribution in [2.75, 3.05) is 11.9 Å². The summed E-state index contributed by atoms with van der Waals surface area (Å²) in [6.07, 6.45) is 3.04. The van der Waals surface area contributed by atoms with Gasteiger partial charge in [-0.05, 0) is 37.1 Å². The molecule has 140 valence electrons. The number of halogens is 1. The van der Waals surface area contributed by atoms with Gasteiger partial charge in [0.25, 0.3) is 0 Å². The van der Waals surface area contributed by atoms with Crippen LogP contribution >= 0.6 is 0 Å². The summed E-state index contributed by atoms with van der Waals surface area (Å²) in [5, 5.41) is 9.41. The van der Waals surface area contributed by atoms with E-state index in [9.17, 15) is 17.6 Å². The summed E-state index contributed by atoms with van der Waals surface area (Å²) in [5.74, 6) is -1.12. The number of nitrogens with zero attached hydrogens (tertiary/aromatic N) is 2. The normalized spacial score (nSPS) is 15.3. The number of sulfonamides is 1. The molecule has 1 amide bonds. The maximum Gasteiger partial charge on any atom is 0.244 e. The second-order valence-corrected chi connectivity index (χ2v) is 7.89. The highest BCUT2D eigenvalue weighted by Crippen LogP contribution is 2.24. The second kappa shape index (κ2) is 7.14. The van der Waals surface area contributed by atoms with Gasteiger partial charge in [0.1, 0.15) is 10.7 Å².